The van der Waals surface area contributed by atoms with Crippen molar-refractivity contribution in [2.24, 2.45) is 22.7 Å². The van der Waals surface area contributed by atoms with Gasteiger partial charge in [-0.3, -0.25) is 0 Å². The number of aromatic nitrogens is 1. The summed E-state index contributed by atoms with van der Waals surface area (Å²) in [5.41, 5.74) is 6.07. The van der Waals surface area contributed by atoms with Crippen LogP contribution in [0.2, 0.25) is 0 Å². The van der Waals surface area contributed by atoms with E-state index >= 15 is 0 Å². The molecule has 5 heteroatoms. The molecule has 19 heavy (non-hydrogen) atoms. The Balaban J connectivity index is 1.99. The highest BCUT2D eigenvalue weighted by atomic mass is 16.5. The molecule has 3 N–H and O–H groups in total. The molecule has 2 atom stereocenters. The lowest BCUT2D eigenvalue weighted by molar-refractivity contribution is 0.0967. The molecule has 1 saturated carbocycles. The zero-order valence-corrected chi connectivity index (χ0v) is 11.4. The molecule has 0 radical (unpaired) electrons. The Morgan fingerprint density at radius 2 is 2.00 bits per heavy atom. The van der Waals surface area contributed by atoms with E-state index in [0.717, 1.165) is 12.8 Å². The summed E-state index contributed by atoms with van der Waals surface area (Å²) in [5, 5.41) is 11.5. The molecule has 1 aromatic heterocycles. The number of hydrogen-bond acceptors (Lipinski definition) is 4. The van der Waals surface area contributed by atoms with E-state index in [1.165, 1.54) is 6.42 Å². The quantitative estimate of drug-likeness (QED) is 0.380. The van der Waals surface area contributed by atoms with Gasteiger partial charge in [0.1, 0.15) is 6.10 Å². The molecule has 2 unspecified atom stereocenters. The fourth-order valence-corrected chi connectivity index (χ4v) is 2.80. The SMILES string of the molecule is CC1CC(C)CC(Oc2ccc(C(N)=NO)cn2)C1. The second kappa shape index (κ2) is 5.91. The molecule has 1 aliphatic rings. The maximum absolute atomic E-state index is 8.58. The van der Waals surface area contributed by atoms with Crippen LogP contribution in [0.5, 0.6) is 5.88 Å². The number of nitrogens with zero attached hydrogens (tertiary/aromatic N) is 2. The Morgan fingerprint density at radius 3 is 2.53 bits per heavy atom. The molecular formula is C14H21N3O2. The lowest BCUT2D eigenvalue weighted by Gasteiger charge is -2.31. The Bertz CT molecular complexity index is 435. The number of ether oxygens (including phenoxy) is 1. The first-order valence-electron chi connectivity index (χ1n) is 6.69. The number of rotatable bonds is 3. The van der Waals surface area contributed by atoms with Crippen LogP contribution in [0.15, 0.2) is 23.5 Å². The van der Waals surface area contributed by atoms with Crippen molar-refractivity contribution < 1.29 is 9.94 Å². The van der Waals surface area contributed by atoms with Gasteiger partial charge in [-0.2, -0.15) is 0 Å². The van der Waals surface area contributed by atoms with Crippen molar-refractivity contribution >= 4 is 5.84 Å². The van der Waals surface area contributed by atoms with Gasteiger partial charge in [0.15, 0.2) is 5.84 Å². The van der Waals surface area contributed by atoms with Crippen LogP contribution < -0.4 is 10.5 Å². The van der Waals surface area contributed by atoms with Gasteiger partial charge >= 0.3 is 0 Å². The summed E-state index contributed by atoms with van der Waals surface area (Å²) < 4.78 is 5.91. The average molecular weight is 263 g/mol. The van der Waals surface area contributed by atoms with Crippen molar-refractivity contribution in [2.45, 2.75) is 39.2 Å². The van der Waals surface area contributed by atoms with E-state index < -0.39 is 0 Å². The van der Waals surface area contributed by atoms with Gasteiger partial charge in [0, 0.05) is 17.8 Å². The van der Waals surface area contributed by atoms with Crippen molar-refractivity contribution in [2.75, 3.05) is 0 Å². The summed E-state index contributed by atoms with van der Waals surface area (Å²) in [4.78, 5) is 4.20. The van der Waals surface area contributed by atoms with Crippen molar-refractivity contribution in [1.82, 2.24) is 4.98 Å². The first kappa shape index (κ1) is 13.6. The molecule has 1 heterocycles. The number of pyridine rings is 1. The van der Waals surface area contributed by atoms with Crippen molar-refractivity contribution in [3.8, 4) is 5.88 Å². The van der Waals surface area contributed by atoms with Gasteiger partial charge in [0.2, 0.25) is 5.88 Å². The summed E-state index contributed by atoms with van der Waals surface area (Å²) in [6.07, 6.45) is 5.22. The Hall–Kier alpha value is -1.78. The fourth-order valence-electron chi connectivity index (χ4n) is 2.80. The highest BCUT2D eigenvalue weighted by molar-refractivity contribution is 5.96. The molecule has 2 rings (SSSR count). The van der Waals surface area contributed by atoms with Gasteiger partial charge in [-0.1, -0.05) is 19.0 Å². The number of oxime groups is 1. The van der Waals surface area contributed by atoms with E-state index in [4.69, 9.17) is 15.7 Å². The maximum atomic E-state index is 8.58. The van der Waals surface area contributed by atoms with E-state index in [-0.39, 0.29) is 11.9 Å². The standard InChI is InChI=1S/C14H21N3O2/c1-9-5-10(2)7-12(6-9)19-13-4-3-11(8-16-13)14(15)17-18/h3-4,8-10,12,18H,5-7H2,1-2H3,(H2,15,17). The minimum absolute atomic E-state index is 0.0546. The second-order valence-electron chi connectivity index (χ2n) is 5.53. The zero-order chi connectivity index (χ0) is 13.8. The van der Waals surface area contributed by atoms with Gasteiger partial charge in [-0.05, 0) is 37.2 Å². The topological polar surface area (TPSA) is 80.7 Å². The van der Waals surface area contributed by atoms with Crippen LogP contribution >= 0.6 is 0 Å². The van der Waals surface area contributed by atoms with E-state index in [0.29, 0.717) is 23.3 Å². The Kier molecular flexibility index (Phi) is 4.24. The van der Waals surface area contributed by atoms with Crippen LogP contribution in [0.1, 0.15) is 38.7 Å². The normalized spacial score (nSPS) is 28.1. The van der Waals surface area contributed by atoms with Crippen molar-refractivity contribution in [1.29, 1.82) is 0 Å². The minimum Gasteiger partial charge on any atom is -0.474 e. The molecular weight excluding hydrogens is 242 g/mol. The van der Waals surface area contributed by atoms with Crippen molar-refractivity contribution in [3.63, 3.8) is 0 Å². The van der Waals surface area contributed by atoms with E-state index in [1.54, 1.807) is 18.3 Å². The van der Waals surface area contributed by atoms with Gasteiger partial charge in [-0.25, -0.2) is 4.98 Å². The average Bonchev–Trinajstić information content (AvgIpc) is 2.37. The summed E-state index contributed by atoms with van der Waals surface area (Å²) in [6, 6.07) is 3.50. The molecule has 5 nitrogen and oxygen atoms in total. The summed E-state index contributed by atoms with van der Waals surface area (Å²) in [7, 11) is 0. The summed E-state index contributed by atoms with van der Waals surface area (Å²) >= 11 is 0. The first-order valence-corrected chi connectivity index (χ1v) is 6.69. The number of nitrogens with two attached hydrogens (primary N) is 1. The molecule has 0 aliphatic heterocycles. The van der Waals surface area contributed by atoms with Crippen LogP contribution in [-0.4, -0.2) is 22.1 Å². The predicted octanol–water partition coefficient (Wildman–Crippen LogP) is 2.38. The molecule has 0 amide bonds. The third kappa shape index (κ3) is 3.59. The monoisotopic (exact) mass is 263 g/mol. The van der Waals surface area contributed by atoms with Crippen LogP contribution in [0.25, 0.3) is 0 Å². The lowest BCUT2D eigenvalue weighted by atomic mass is 9.82. The van der Waals surface area contributed by atoms with Gasteiger partial charge < -0.3 is 15.7 Å². The first-order chi connectivity index (χ1) is 9.08. The molecule has 0 spiro atoms. The van der Waals surface area contributed by atoms with Crippen LogP contribution in [0.4, 0.5) is 0 Å². The fraction of sp³-hybridized carbons (Fsp3) is 0.571. The number of hydrogen-bond donors (Lipinski definition) is 2. The third-order valence-electron chi connectivity index (χ3n) is 3.56. The second-order valence-corrected chi connectivity index (χ2v) is 5.53. The van der Waals surface area contributed by atoms with E-state index in [2.05, 4.69) is 24.0 Å². The largest absolute Gasteiger partial charge is 0.474 e. The van der Waals surface area contributed by atoms with Gasteiger partial charge in [0.25, 0.3) is 0 Å². The molecule has 0 bridgehead atoms. The predicted molar refractivity (Wildman–Crippen MR) is 73.3 cm³/mol. The minimum atomic E-state index is 0.0546. The number of amidine groups is 1. The molecule has 1 aliphatic carbocycles. The van der Waals surface area contributed by atoms with Gasteiger partial charge in [-0.15, -0.1) is 0 Å². The Labute approximate surface area is 113 Å². The highest BCUT2D eigenvalue weighted by Crippen LogP contribution is 2.30. The molecule has 0 aromatic carbocycles. The Morgan fingerprint density at radius 1 is 1.32 bits per heavy atom. The summed E-state index contributed by atoms with van der Waals surface area (Å²) in [6.45, 7) is 4.53. The van der Waals surface area contributed by atoms with Crippen molar-refractivity contribution in [3.05, 3.63) is 23.9 Å². The van der Waals surface area contributed by atoms with Crippen LogP contribution in [0, 0.1) is 11.8 Å². The van der Waals surface area contributed by atoms with E-state index in [9.17, 15) is 0 Å². The molecule has 1 aromatic rings. The molecule has 0 saturated heterocycles. The smallest absolute Gasteiger partial charge is 0.213 e. The van der Waals surface area contributed by atoms with Gasteiger partial charge in [0.05, 0.1) is 0 Å². The lowest BCUT2D eigenvalue weighted by Crippen LogP contribution is -2.28. The van der Waals surface area contributed by atoms with Crippen LogP contribution in [-0.2, 0) is 0 Å². The third-order valence-corrected chi connectivity index (χ3v) is 3.56. The summed E-state index contributed by atoms with van der Waals surface area (Å²) in [5.74, 6) is 2.05. The highest BCUT2D eigenvalue weighted by Gasteiger charge is 2.25. The van der Waals surface area contributed by atoms with E-state index in [1.807, 2.05) is 0 Å². The molecule has 104 valence electrons. The van der Waals surface area contributed by atoms with Crippen LogP contribution in [0.3, 0.4) is 0 Å². The zero-order valence-electron chi connectivity index (χ0n) is 11.4. The molecule has 1 fully saturated rings. The maximum Gasteiger partial charge on any atom is 0.213 e.